The Labute approximate surface area is 202 Å². The summed E-state index contributed by atoms with van der Waals surface area (Å²) >= 11 is 0. The second-order valence-electron chi connectivity index (χ2n) is 8.64. The van der Waals surface area contributed by atoms with Crippen LogP contribution >= 0.6 is 0 Å². The first-order valence-electron chi connectivity index (χ1n) is 11.3. The maximum absolute atomic E-state index is 13.7. The van der Waals surface area contributed by atoms with Gasteiger partial charge in [-0.25, -0.2) is 0 Å². The molecular formula is C27H25N3O5. The van der Waals surface area contributed by atoms with Gasteiger partial charge >= 0.3 is 0 Å². The highest BCUT2D eigenvalue weighted by atomic mass is 16.6. The van der Waals surface area contributed by atoms with E-state index in [1.54, 1.807) is 20.3 Å². The summed E-state index contributed by atoms with van der Waals surface area (Å²) in [6.07, 6.45) is 0.928. The Kier molecular flexibility index (Phi) is 5.86. The van der Waals surface area contributed by atoms with Crippen LogP contribution in [0.3, 0.4) is 0 Å². The number of carbonyl (C=O) groups is 1. The van der Waals surface area contributed by atoms with E-state index >= 15 is 0 Å². The number of hydrogen-bond donors (Lipinski definition) is 2. The number of benzene rings is 3. The summed E-state index contributed by atoms with van der Waals surface area (Å²) in [4.78, 5) is 24.7. The minimum atomic E-state index is -0.514. The van der Waals surface area contributed by atoms with Crippen LogP contribution in [0.25, 0.3) is 0 Å². The molecule has 0 aromatic heterocycles. The van der Waals surface area contributed by atoms with Gasteiger partial charge in [0.25, 0.3) is 5.69 Å². The molecule has 0 radical (unpaired) electrons. The van der Waals surface area contributed by atoms with Gasteiger partial charge in [-0.05, 0) is 47.7 Å². The van der Waals surface area contributed by atoms with Crippen molar-refractivity contribution in [2.75, 3.05) is 24.9 Å². The molecule has 2 N–H and O–H groups in total. The third kappa shape index (κ3) is 4.19. The van der Waals surface area contributed by atoms with E-state index in [0.717, 1.165) is 22.6 Å². The van der Waals surface area contributed by atoms with Crippen molar-refractivity contribution in [3.63, 3.8) is 0 Å². The number of anilines is 2. The Balaban J connectivity index is 1.59. The van der Waals surface area contributed by atoms with Crippen molar-refractivity contribution < 1.29 is 19.2 Å². The molecule has 2 atom stereocenters. The Bertz CT molecular complexity index is 1350. The van der Waals surface area contributed by atoms with E-state index in [-0.39, 0.29) is 17.4 Å². The molecule has 1 aliphatic carbocycles. The van der Waals surface area contributed by atoms with E-state index in [2.05, 4.69) is 10.6 Å². The number of carbonyl (C=O) groups excluding carboxylic acids is 1. The van der Waals surface area contributed by atoms with Crippen molar-refractivity contribution >= 4 is 22.8 Å². The van der Waals surface area contributed by atoms with Crippen molar-refractivity contribution in [1.82, 2.24) is 0 Å². The predicted octanol–water partition coefficient (Wildman–Crippen LogP) is 5.59. The predicted molar refractivity (Wildman–Crippen MR) is 133 cm³/mol. The van der Waals surface area contributed by atoms with Gasteiger partial charge < -0.3 is 20.1 Å². The number of para-hydroxylation sites is 2. The number of nitrogens with zero attached hydrogens (tertiary/aromatic N) is 1. The minimum Gasteiger partial charge on any atom is -0.493 e. The number of nitrogens with one attached hydrogen (secondary N) is 2. The molecule has 1 heterocycles. The average molecular weight is 472 g/mol. The van der Waals surface area contributed by atoms with Crippen LogP contribution < -0.4 is 20.1 Å². The van der Waals surface area contributed by atoms with Gasteiger partial charge in [0.2, 0.25) is 0 Å². The van der Waals surface area contributed by atoms with Crippen LogP contribution in [-0.2, 0) is 4.79 Å². The summed E-state index contributed by atoms with van der Waals surface area (Å²) < 4.78 is 10.8. The van der Waals surface area contributed by atoms with Crippen LogP contribution in [0.2, 0.25) is 0 Å². The lowest BCUT2D eigenvalue weighted by atomic mass is 9.78. The third-order valence-electron chi connectivity index (χ3n) is 6.60. The van der Waals surface area contributed by atoms with Crippen LogP contribution in [0.15, 0.2) is 78.0 Å². The molecule has 8 heteroatoms. The molecule has 0 saturated heterocycles. The second kappa shape index (κ2) is 9.13. The number of nitro groups is 1. The Morgan fingerprint density at radius 2 is 1.66 bits per heavy atom. The average Bonchev–Trinajstić information content (AvgIpc) is 3.05. The van der Waals surface area contributed by atoms with E-state index in [0.29, 0.717) is 35.5 Å². The van der Waals surface area contributed by atoms with Gasteiger partial charge in [0.1, 0.15) is 0 Å². The fourth-order valence-electron chi connectivity index (χ4n) is 4.90. The van der Waals surface area contributed by atoms with Crippen molar-refractivity contribution in [1.29, 1.82) is 0 Å². The smallest absolute Gasteiger partial charge is 0.269 e. The number of allylic oxidation sites excluding steroid dienone is 1. The fourth-order valence-corrected chi connectivity index (χ4v) is 4.90. The van der Waals surface area contributed by atoms with Gasteiger partial charge in [0.15, 0.2) is 17.3 Å². The summed E-state index contributed by atoms with van der Waals surface area (Å²) in [5, 5.41) is 18.4. The topological polar surface area (TPSA) is 103 Å². The largest absolute Gasteiger partial charge is 0.493 e. The molecule has 3 aromatic rings. The molecule has 0 unspecified atom stereocenters. The highest BCUT2D eigenvalue weighted by molar-refractivity contribution is 6.01. The number of non-ortho nitro benzene ring substituents is 1. The van der Waals surface area contributed by atoms with Gasteiger partial charge in [0, 0.05) is 29.8 Å². The van der Waals surface area contributed by atoms with Crippen LogP contribution in [0.5, 0.6) is 11.5 Å². The Morgan fingerprint density at radius 3 is 2.40 bits per heavy atom. The van der Waals surface area contributed by atoms with E-state index < -0.39 is 11.0 Å². The second-order valence-corrected chi connectivity index (χ2v) is 8.64. The van der Waals surface area contributed by atoms with E-state index in [1.807, 2.05) is 48.5 Å². The van der Waals surface area contributed by atoms with Crippen molar-refractivity contribution in [2.24, 2.45) is 0 Å². The van der Waals surface area contributed by atoms with Gasteiger partial charge in [-0.3, -0.25) is 14.9 Å². The first-order chi connectivity index (χ1) is 17.0. The number of Topliss-reactive ketones (excluding diaryl/α,β-unsaturated/α-hetero) is 1. The molecule has 3 aromatic carbocycles. The molecule has 2 aliphatic rings. The van der Waals surface area contributed by atoms with Gasteiger partial charge in [-0.2, -0.15) is 0 Å². The standard InChI is InChI=1S/C27H25N3O5/c1-34-24-11-10-16(15-25(24)35-2)18-13-22-26(23(31)14-18)27(17-6-5-7-19(12-17)30(32)33)29-21-9-4-3-8-20(21)28-22/h3-12,15,18,27-29H,13-14H2,1-2H3/t18-,27+/m1/s1. The highest BCUT2D eigenvalue weighted by Crippen LogP contribution is 2.45. The van der Waals surface area contributed by atoms with Gasteiger partial charge in [-0.1, -0.05) is 30.3 Å². The third-order valence-corrected chi connectivity index (χ3v) is 6.60. The Morgan fingerprint density at radius 1 is 0.886 bits per heavy atom. The zero-order valence-corrected chi connectivity index (χ0v) is 19.4. The van der Waals surface area contributed by atoms with Crippen LogP contribution in [0.4, 0.5) is 17.1 Å². The SMILES string of the molecule is COc1ccc([C@H]2CC(=O)C3=C(C2)Nc2ccccc2N[C@H]3c2cccc([N+](=O)[O-])c2)cc1OC. The van der Waals surface area contributed by atoms with Crippen LogP contribution in [0.1, 0.15) is 35.9 Å². The van der Waals surface area contributed by atoms with E-state index in [9.17, 15) is 14.9 Å². The van der Waals surface area contributed by atoms with E-state index in [4.69, 9.17) is 9.47 Å². The minimum absolute atomic E-state index is 0.00431. The first-order valence-corrected chi connectivity index (χ1v) is 11.3. The van der Waals surface area contributed by atoms with Gasteiger partial charge in [-0.15, -0.1) is 0 Å². The van der Waals surface area contributed by atoms with E-state index in [1.165, 1.54) is 12.1 Å². The number of methoxy groups -OCH3 is 2. The summed E-state index contributed by atoms with van der Waals surface area (Å²) in [6.45, 7) is 0. The quantitative estimate of drug-likeness (QED) is 0.369. The Hall–Kier alpha value is -4.33. The number of ketones is 1. The molecule has 178 valence electrons. The van der Waals surface area contributed by atoms with Crippen LogP contribution in [0, 0.1) is 10.1 Å². The maximum Gasteiger partial charge on any atom is 0.269 e. The zero-order chi connectivity index (χ0) is 24.5. The molecule has 8 nitrogen and oxygen atoms in total. The maximum atomic E-state index is 13.7. The number of rotatable bonds is 5. The summed E-state index contributed by atoms with van der Waals surface area (Å²) in [6, 6.07) is 19.4. The zero-order valence-electron chi connectivity index (χ0n) is 19.4. The molecule has 0 amide bonds. The lowest BCUT2D eigenvalue weighted by molar-refractivity contribution is -0.384. The first kappa shape index (κ1) is 22.5. The monoisotopic (exact) mass is 471 g/mol. The molecule has 1 aliphatic heterocycles. The van der Waals surface area contributed by atoms with Crippen molar-refractivity contribution in [2.45, 2.75) is 24.8 Å². The summed E-state index contributed by atoms with van der Waals surface area (Å²) in [5.74, 6) is 1.20. The van der Waals surface area contributed by atoms with Crippen molar-refractivity contribution in [3.05, 3.63) is 99.2 Å². The number of hydrogen-bond acceptors (Lipinski definition) is 7. The number of ether oxygens (including phenoxy) is 2. The van der Waals surface area contributed by atoms with Crippen molar-refractivity contribution in [3.8, 4) is 11.5 Å². The molecule has 0 fully saturated rings. The normalized spacial score (nSPS) is 19.0. The lowest BCUT2D eigenvalue weighted by Crippen LogP contribution is -2.27. The van der Waals surface area contributed by atoms with Gasteiger partial charge in [0.05, 0.1) is 36.6 Å². The molecular weight excluding hydrogens is 446 g/mol. The molecule has 5 rings (SSSR count). The molecule has 0 saturated carbocycles. The number of nitro benzene ring substituents is 1. The molecule has 0 bridgehead atoms. The highest BCUT2D eigenvalue weighted by Gasteiger charge is 2.36. The number of fused-ring (bicyclic) bond motifs is 1. The molecule has 35 heavy (non-hydrogen) atoms. The molecule has 0 spiro atoms. The summed E-state index contributed by atoms with van der Waals surface area (Å²) in [5.41, 5.74) is 4.75. The summed E-state index contributed by atoms with van der Waals surface area (Å²) in [7, 11) is 3.18. The fraction of sp³-hybridized carbons (Fsp3) is 0.222. The van der Waals surface area contributed by atoms with Crippen LogP contribution in [-0.4, -0.2) is 24.9 Å². The lowest BCUT2D eigenvalue weighted by Gasteiger charge is -2.30.